The molecule has 0 aromatic carbocycles. The monoisotopic (exact) mass is 317 g/mol. The summed E-state index contributed by atoms with van der Waals surface area (Å²) in [6, 6.07) is 1.06. The lowest BCUT2D eigenvalue weighted by atomic mass is 10.2. The van der Waals surface area contributed by atoms with Gasteiger partial charge >= 0.3 is 5.97 Å². The van der Waals surface area contributed by atoms with Crippen LogP contribution in [0.5, 0.6) is 0 Å². The molecule has 0 spiro atoms. The number of nitrogens with one attached hydrogen (secondary N) is 1. The number of amides is 1. The molecule has 0 bridgehead atoms. The molecular formula is C12H15NO5S2. The zero-order chi connectivity index (χ0) is 15.3. The average Bonchev–Trinajstić information content (AvgIpc) is 2.71. The SMILES string of the molecule is CC(CS(C)(=O)=O)NC(=O)c1csc(C=CC(=O)O)c1. The van der Waals surface area contributed by atoms with E-state index in [1.807, 2.05) is 0 Å². The van der Waals surface area contributed by atoms with Crippen molar-refractivity contribution in [1.82, 2.24) is 5.32 Å². The van der Waals surface area contributed by atoms with Crippen LogP contribution in [0.4, 0.5) is 0 Å². The summed E-state index contributed by atoms with van der Waals surface area (Å²) in [6.45, 7) is 1.61. The van der Waals surface area contributed by atoms with Crippen LogP contribution in [0.15, 0.2) is 17.5 Å². The van der Waals surface area contributed by atoms with Crippen LogP contribution in [-0.2, 0) is 14.6 Å². The van der Waals surface area contributed by atoms with Crippen LogP contribution in [0.2, 0.25) is 0 Å². The molecule has 1 unspecified atom stereocenters. The molecule has 0 aliphatic heterocycles. The number of carboxylic acids is 1. The lowest BCUT2D eigenvalue weighted by Crippen LogP contribution is -2.37. The van der Waals surface area contributed by atoms with E-state index in [4.69, 9.17) is 5.11 Å². The van der Waals surface area contributed by atoms with Crippen molar-refractivity contribution in [2.45, 2.75) is 13.0 Å². The van der Waals surface area contributed by atoms with E-state index in [1.165, 1.54) is 17.4 Å². The van der Waals surface area contributed by atoms with Crippen LogP contribution >= 0.6 is 11.3 Å². The van der Waals surface area contributed by atoms with E-state index >= 15 is 0 Å². The van der Waals surface area contributed by atoms with Crippen molar-refractivity contribution >= 4 is 39.1 Å². The molecule has 0 fully saturated rings. The average molecular weight is 317 g/mol. The molecule has 8 heteroatoms. The summed E-state index contributed by atoms with van der Waals surface area (Å²) < 4.78 is 22.2. The Bertz CT molecular complexity index is 630. The van der Waals surface area contributed by atoms with Crippen LogP contribution in [-0.4, -0.2) is 43.5 Å². The maximum absolute atomic E-state index is 11.9. The van der Waals surface area contributed by atoms with E-state index in [-0.39, 0.29) is 11.7 Å². The van der Waals surface area contributed by atoms with Crippen molar-refractivity contribution < 1.29 is 23.1 Å². The number of thiophene rings is 1. The third-order valence-electron chi connectivity index (χ3n) is 2.20. The molecule has 2 N–H and O–H groups in total. The molecule has 0 aliphatic rings. The molecule has 6 nitrogen and oxygen atoms in total. The van der Waals surface area contributed by atoms with Crippen LogP contribution in [0.1, 0.15) is 22.2 Å². The number of carboxylic acid groups (broad SMARTS) is 1. The third-order valence-corrected chi connectivity index (χ3v) is 4.21. The minimum absolute atomic E-state index is 0.130. The summed E-state index contributed by atoms with van der Waals surface area (Å²) in [5.74, 6) is -1.58. The number of sulfone groups is 1. The van der Waals surface area contributed by atoms with Crippen LogP contribution in [0.3, 0.4) is 0 Å². The van der Waals surface area contributed by atoms with Gasteiger partial charge in [0.25, 0.3) is 5.91 Å². The topological polar surface area (TPSA) is 101 Å². The van der Waals surface area contributed by atoms with Crippen molar-refractivity contribution in [3.63, 3.8) is 0 Å². The Morgan fingerprint density at radius 2 is 2.15 bits per heavy atom. The first-order chi connectivity index (χ1) is 9.17. The van der Waals surface area contributed by atoms with Gasteiger partial charge in [0.15, 0.2) is 0 Å². The highest BCUT2D eigenvalue weighted by molar-refractivity contribution is 7.90. The fourth-order valence-corrected chi connectivity index (χ4v) is 3.29. The highest BCUT2D eigenvalue weighted by atomic mass is 32.2. The zero-order valence-corrected chi connectivity index (χ0v) is 12.6. The quantitative estimate of drug-likeness (QED) is 0.763. The van der Waals surface area contributed by atoms with Gasteiger partial charge in [0.05, 0.1) is 11.3 Å². The summed E-state index contributed by atoms with van der Waals surface area (Å²) >= 11 is 1.23. The van der Waals surface area contributed by atoms with E-state index in [2.05, 4.69) is 5.32 Å². The van der Waals surface area contributed by atoms with Gasteiger partial charge in [-0.15, -0.1) is 11.3 Å². The lowest BCUT2D eigenvalue weighted by Gasteiger charge is -2.11. The molecule has 0 aliphatic carbocycles. The molecule has 20 heavy (non-hydrogen) atoms. The van der Waals surface area contributed by atoms with Gasteiger partial charge in [-0.3, -0.25) is 4.79 Å². The predicted octanol–water partition coefficient (Wildman–Crippen LogP) is 1.01. The molecule has 110 valence electrons. The fraction of sp³-hybridized carbons (Fsp3) is 0.333. The molecule has 1 aromatic rings. The number of aliphatic carboxylic acids is 1. The predicted molar refractivity (Wildman–Crippen MR) is 77.6 cm³/mol. The van der Waals surface area contributed by atoms with Gasteiger partial charge in [-0.05, 0) is 19.1 Å². The second kappa shape index (κ2) is 6.67. The Kier molecular flexibility index (Phi) is 5.46. The van der Waals surface area contributed by atoms with Gasteiger partial charge in [-0.2, -0.15) is 0 Å². The number of carbonyl (C=O) groups is 2. The summed E-state index contributed by atoms with van der Waals surface area (Å²) in [6.07, 6.45) is 3.48. The Morgan fingerprint density at radius 3 is 2.70 bits per heavy atom. The van der Waals surface area contributed by atoms with Gasteiger partial charge in [-0.25, -0.2) is 13.2 Å². The van der Waals surface area contributed by atoms with E-state index in [0.717, 1.165) is 12.3 Å². The number of hydrogen-bond donors (Lipinski definition) is 2. The minimum Gasteiger partial charge on any atom is -0.478 e. The standard InChI is InChI=1S/C12H15NO5S2/c1-8(7-20(2,17)18)13-12(16)9-5-10(19-6-9)3-4-11(14)15/h3-6,8H,7H2,1-2H3,(H,13,16)(H,14,15). The van der Waals surface area contributed by atoms with Crippen LogP contribution in [0, 0.1) is 0 Å². The van der Waals surface area contributed by atoms with E-state index in [0.29, 0.717) is 10.4 Å². The normalized spacial score (nSPS) is 13.3. The summed E-state index contributed by atoms with van der Waals surface area (Å²) in [5.41, 5.74) is 0.375. The first-order valence-corrected chi connectivity index (χ1v) is 8.59. The summed E-state index contributed by atoms with van der Waals surface area (Å²) in [4.78, 5) is 22.9. The Hall–Kier alpha value is -1.67. The molecule has 1 atom stereocenters. The summed E-state index contributed by atoms with van der Waals surface area (Å²) in [5, 5.41) is 12.7. The third kappa shape index (κ3) is 5.98. The van der Waals surface area contributed by atoms with Gasteiger partial charge in [0.2, 0.25) is 0 Å². The van der Waals surface area contributed by atoms with Crippen molar-refractivity contribution in [1.29, 1.82) is 0 Å². The van der Waals surface area contributed by atoms with E-state index < -0.39 is 21.8 Å². The molecule has 0 saturated carbocycles. The molecule has 1 aromatic heterocycles. The van der Waals surface area contributed by atoms with Gasteiger partial charge < -0.3 is 10.4 Å². The zero-order valence-electron chi connectivity index (χ0n) is 11.0. The Labute approximate surface area is 121 Å². The Morgan fingerprint density at radius 1 is 1.50 bits per heavy atom. The van der Waals surface area contributed by atoms with Gasteiger partial charge in [0.1, 0.15) is 9.84 Å². The number of carbonyl (C=O) groups excluding carboxylic acids is 1. The molecule has 0 radical (unpaired) electrons. The maximum atomic E-state index is 11.9. The molecule has 0 saturated heterocycles. The number of hydrogen-bond acceptors (Lipinski definition) is 5. The van der Waals surface area contributed by atoms with Crippen LogP contribution < -0.4 is 5.32 Å². The van der Waals surface area contributed by atoms with Gasteiger partial charge in [0, 0.05) is 28.6 Å². The second-order valence-corrected chi connectivity index (χ2v) is 7.50. The second-order valence-electron chi connectivity index (χ2n) is 4.38. The largest absolute Gasteiger partial charge is 0.478 e. The first kappa shape index (κ1) is 16.4. The van der Waals surface area contributed by atoms with Crippen molar-refractivity contribution in [2.24, 2.45) is 0 Å². The molecular weight excluding hydrogens is 302 g/mol. The highest BCUT2D eigenvalue weighted by Gasteiger charge is 2.15. The van der Waals surface area contributed by atoms with E-state index in [9.17, 15) is 18.0 Å². The van der Waals surface area contributed by atoms with Crippen molar-refractivity contribution in [3.05, 3.63) is 28.0 Å². The number of rotatable bonds is 6. The fourth-order valence-electron chi connectivity index (χ4n) is 1.52. The smallest absolute Gasteiger partial charge is 0.328 e. The minimum atomic E-state index is -3.15. The van der Waals surface area contributed by atoms with Gasteiger partial charge in [-0.1, -0.05) is 0 Å². The highest BCUT2D eigenvalue weighted by Crippen LogP contribution is 2.16. The molecule has 1 amide bonds. The van der Waals surface area contributed by atoms with Crippen molar-refractivity contribution in [2.75, 3.05) is 12.0 Å². The molecule has 1 heterocycles. The molecule has 1 rings (SSSR count). The van der Waals surface area contributed by atoms with Crippen molar-refractivity contribution in [3.8, 4) is 0 Å². The summed E-state index contributed by atoms with van der Waals surface area (Å²) in [7, 11) is -3.15. The maximum Gasteiger partial charge on any atom is 0.328 e. The van der Waals surface area contributed by atoms with Crippen LogP contribution in [0.25, 0.3) is 6.08 Å². The lowest BCUT2D eigenvalue weighted by molar-refractivity contribution is -0.131. The first-order valence-electron chi connectivity index (χ1n) is 5.65. The Balaban J connectivity index is 2.67. The van der Waals surface area contributed by atoms with E-state index in [1.54, 1.807) is 18.4 Å².